The summed E-state index contributed by atoms with van der Waals surface area (Å²) in [5.74, 6) is 1.77. The molecule has 2 heterocycles. The van der Waals surface area contributed by atoms with Gasteiger partial charge in [0, 0.05) is 39.3 Å². The third-order valence-electron chi connectivity index (χ3n) is 6.33. The molecule has 31 heavy (non-hydrogen) atoms. The summed E-state index contributed by atoms with van der Waals surface area (Å²) < 4.78 is 10.9. The normalized spacial score (nSPS) is 21.8. The van der Waals surface area contributed by atoms with Crippen molar-refractivity contribution < 1.29 is 9.47 Å². The van der Waals surface area contributed by atoms with E-state index in [9.17, 15) is 0 Å². The van der Waals surface area contributed by atoms with Crippen LogP contribution < -0.4 is 15.4 Å². The highest BCUT2D eigenvalue weighted by Gasteiger charge is 2.24. The minimum Gasteiger partial charge on any atom is -0.497 e. The van der Waals surface area contributed by atoms with Crippen LogP contribution in [-0.2, 0) is 4.74 Å². The zero-order chi connectivity index (χ0) is 21.2. The van der Waals surface area contributed by atoms with Gasteiger partial charge in [0.15, 0.2) is 5.96 Å². The molecule has 2 fully saturated rings. The molecule has 0 aromatic heterocycles. The van der Waals surface area contributed by atoms with Crippen LogP contribution in [0.25, 0.3) is 0 Å². The van der Waals surface area contributed by atoms with Gasteiger partial charge in [0.1, 0.15) is 5.75 Å². The van der Waals surface area contributed by atoms with Crippen LogP contribution in [0.15, 0.2) is 29.3 Å². The number of nitrogens with zero attached hydrogens (tertiary/aromatic N) is 3. The van der Waals surface area contributed by atoms with E-state index in [4.69, 9.17) is 9.47 Å². The van der Waals surface area contributed by atoms with Crippen molar-refractivity contribution >= 4 is 29.9 Å². The molecule has 0 bridgehead atoms. The number of morpholine rings is 1. The zero-order valence-corrected chi connectivity index (χ0v) is 21.6. The summed E-state index contributed by atoms with van der Waals surface area (Å²) in [6, 6.07) is 9.27. The predicted octanol–water partition coefficient (Wildman–Crippen LogP) is 2.73. The summed E-state index contributed by atoms with van der Waals surface area (Å²) in [7, 11) is 3.56. The highest BCUT2D eigenvalue weighted by molar-refractivity contribution is 14.0. The highest BCUT2D eigenvalue weighted by atomic mass is 127. The topological polar surface area (TPSA) is 61.4 Å². The van der Waals surface area contributed by atoms with Crippen molar-refractivity contribution in [2.45, 2.75) is 38.3 Å². The minimum absolute atomic E-state index is 0. The first kappa shape index (κ1) is 26.2. The number of benzene rings is 1. The summed E-state index contributed by atoms with van der Waals surface area (Å²) in [5.41, 5.74) is 1.28. The molecule has 176 valence electrons. The number of piperidine rings is 1. The van der Waals surface area contributed by atoms with Crippen molar-refractivity contribution in [3.05, 3.63) is 29.8 Å². The highest BCUT2D eigenvalue weighted by Crippen LogP contribution is 2.23. The van der Waals surface area contributed by atoms with Crippen molar-refractivity contribution in [1.29, 1.82) is 0 Å². The van der Waals surface area contributed by atoms with Crippen LogP contribution in [-0.4, -0.2) is 88.4 Å². The largest absolute Gasteiger partial charge is 0.497 e. The molecular weight excluding hydrogens is 505 g/mol. The molecule has 3 rings (SSSR count). The Kier molecular flexibility index (Phi) is 11.9. The fraction of sp³-hybridized carbons (Fsp3) is 0.696. The predicted molar refractivity (Wildman–Crippen MR) is 138 cm³/mol. The molecule has 1 aromatic rings. The lowest BCUT2D eigenvalue weighted by Gasteiger charge is -2.36. The molecule has 0 saturated carbocycles. The van der Waals surface area contributed by atoms with Crippen molar-refractivity contribution in [3.8, 4) is 5.75 Å². The van der Waals surface area contributed by atoms with Gasteiger partial charge in [0.25, 0.3) is 0 Å². The van der Waals surface area contributed by atoms with E-state index in [-0.39, 0.29) is 30.0 Å². The van der Waals surface area contributed by atoms with Gasteiger partial charge in [-0.15, -0.1) is 24.0 Å². The smallest absolute Gasteiger partial charge is 0.191 e. The number of hydrogen-bond acceptors (Lipinski definition) is 5. The first-order valence-corrected chi connectivity index (χ1v) is 11.4. The molecule has 2 N–H and O–H groups in total. The summed E-state index contributed by atoms with van der Waals surface area (Å²) in [6.45, 7) is 9.79. The average molecular weight is 546 g/mol. The second-order valence-electron chi connectivity index (χ2n) is 8.05. The minimum atomic E-state index is 0. The summed E-state index contributed by atoms with van der Waals surface area (Å²) >= 11 is 0. The van der Waals surface area contributed by atoms with Gasteiger partial charge in [0.05, 0.1) is 26.4 Å². The van der Waals surface area contributed by atoms with Gasteiger partial charge in [-0.25, -0.2) is 0 Å². The average Bonchev–Trinajstić information content (AvgIpc) is 2.82. The molecule has 0 spiro atoms. The van der Waals surface area contributed by atoms with Crippen LogP contribution in [0.4, 0.5) is 0 Å². The third-order valence-corrected chi connectivity index (χ3v) is 6.33. The molecule has 2 unspecified atom stereocenters. The quantitative estimate of drug-likeness (QED) is 0.298. The maximum absolute atomic E-state index is 5.57. The fourth-order valence-corrected chi connectivity index (χ4v) is 4.51. The van der Waals surface area contributed by atoms with Gasteiger partial charge in [0.2, 0.25) is 0 Å². The Morgan fingerprint density at radius 2 is 1.90 bits per heavy atom. The van der Waals surface area contributed by atoms with Crippen molar-refractivity contribution in [2.75, 3.05) is 66.6 Å². The van der Waals surface area contributed by atoms with E-state index in [2.05, 4.69) is 44.5 Å². The van der Waals surface area contributed by atoms with Crippen LogP contribution in [0.5, 0.6) is 5.75 Å². The van der Waals surface area contributed by atoms with Crippen LogP contribution in [0.1, 0.15) is 37.8 Å². The first-order valence-electron chi connectivity index (χ1n) is 11.4. The molecule has 2 aliphatic heterocycles. The number of likely N-dealkylation sites (N-methyl/N-ethyl adjacent to an activating group) is 1. The van der Waals surface area contributed by atoms with E-state index >= 15 is 0 Å². The lowest BCUT2D eigenvalue weighted by Crippen LogP contribution is -2.50. The van der Waals surface area contributed by atoms with Gasteiger partial charge >= 0.3 is 0 Å². The Labute approximate surface area is 205 Å². The van der Waals surface area contributed by atoms with E-state index in [1.54, 1.807) is 7.11 Å². The third kappa shape index (κ3) is 7.76. The van der Waals surface area contributed by atoms with Gasteiger partial charge in [-0.05, 0) is 43.6 Å². The summed E-state index contributed by atoms with van der Waals surface area (Å²) in [4.78, 5) is 9.55. The second kappa shape index (κ2) is 14.1. The van der Waals surface area contributed by atoms with E-state index < -0.39 is 0 Å². The number of likely N-dealkylation sites (tertiary alicyclic amines) is 1. The first-order chi connectivity index (χ1) is 14.7. The van der Waals surface area contributed by atoms with Crippen LogP contribution in [0.2, 0.25) is 0 Å². The zero-order valence-electron chi connectivity index (χ0n) is 19.3. The summed E-state index contributed by atoms with van der Waals surface area (Å²) in [6.07, 6.45) is 3.91. The molecule has 8 heteroatoms. The molecule has 0 amide bonds. The number of rotatable bonds is 8. The monoisotopic (exact) mass is 545 g/mol. The van der Waals surface area contributed by atoms with E-state index in [1.165, 1.54) is 31.4 Å². The number of methoxy groups -OCH3 is 1. The maximum Gasteiger partial charge on any atom is 0.191 e. The summed E-state index contributed by atoms with van der Waals surface area (Å²) in [5, 5.41) is 7.14. The molecule has 0 aliphatic carbocycles. The SMILES string of the molecule is CCN1CCCCC1CNC(=NC)NCC(c1ccc(OC)cc1)N1CCOCC1.I. The van der Waals surface area contributed by atoms with Gasteiger partial charge in [-0.1, -0.05) is 25.5 Å². The van der Waals surface area contributed by atoms with Crippen LogP contribution in [0, 0.1) is 0 Å². The Morgan fingerprint density at radius 3 is 2.55 bits per heavy atom. The molecule has 0 radical (unpaired) electrons. The number of halogens is 1. The second-order valence-corrected chi connectivity index (χ2v) is 8.05. The van der Waals surface area contributed by atoms with E-state index in [0.717, 1.165) is 57.6 Å². The number of aliphatic imine (C=N–C) groups is 1. The Hall–Kier alpha value is -1.10. The lowest BCUT2D eigenvalue weighted by molar-refractivity contribution is 0.0170. The van der Waals surface area contributed by atoms with Gasteiger partial charge < -0.3 is 20.1 Å². The van der Waals surface area contributed by atoms with Gasteiger partial charge in [-0.2, -0.15) is 0 Å². The van der Waals surface area contributed by atoms with Crippen molar-refractivity contribution in [1.82, 2.24) is 20.4 Å². The Bertz CT molecular complexity index is 652. The molecular formula is C23H40IN5O2. The number of ether oxygens (including phenoxy) is 2. The van der Waals surface area contributed by atoms with Gasteiger partial charge in [-0.3, -0.25) is 14.8 Å². The molecule has 2 atom stereocenters. The molecule has 7 nitrogen and oxygen atoms in total. The molecule has 2 aliphatic rings. The van der Waals surface area contributed by atoms with E-state index in [0.29, 0.717) is 6.04 Å². The maximum atomic E-state index is 5.57. The molecule has 2 saturated heterocycles. The Morgan fingerprint density at radius 1 is 1.16 bits per heavy atom. The number of nitrogens with one attached hydrogen (secondary N) is 2. The van der Waals surface area contributed by atoms with Crippen molar-refractivity contribution in [3.63, 3.8) is 0 Å². The standard InChI is InChI=1S/C23H39N5O2.HI/c1-4-27-12-6-5-7-20(27)17-25-23(24-2)26-18-22(28-13-15-30-16-14-28)19-8-10-21(29-3)11-9-19;/h8-11,20,22H,4-7,12-18H2,1-3H3,(H2,24,25,26);1H. The number of guanidine groups is 1. The molecule has 1 aromatic carbocycles. The van der Waals surface area contributed by atoms with Crippen LogP contribution >= 0.6 is 24.0 Å². The Balaban J connectivity index is 0.00000341. The fourth-order valence-electron chi connectivity index (χ4n) is 4.51. The van der Waals surface area contributed by atoms with E-state index in [1.807, 2.05) is 19.2 Å². The van der Waals surface area contributed by atoms with Crippen molar-refractivity contribution in [2.24, 2.45) is 4.99 Å². The van der Waals surface area contributed by atoms with Crippen LogP contribution in [0.3, 0.4) is 0 Å². The number of hydrogen-bond donors (Lipinski definition) is 2. The lowest BCUT2D eigenvalue weighted by atomic mass is 10.0.